The number of nitrogens with one attached hydrogen (secondary N) is 1. The first-order valence-corrected chi connectivity index (χ1v) is 7.66. The highest BCUT2D eigenvalue weighted by atomic mass is 127. The number of halogens is 1. The molecule has 1 N–H and O–H groups in total. The molecule has 0 heterocycles. The van der Waals surface area contributed by atoms with Crippen molar-refractivity contribution in [2.75, 3.05) is 12.0 Å². The Bertz CT molecular complexity index is 357. The zero-order valence-electron chi connectivity index (χ0n) is 9.50. The second-order valence-corrected chi connectivity index (χ2v) is 5.78. The third-order valence-corrected chi connectivity index (χ3v) is 3.84. The van der Waals surface area contributed by atoms with Gasteiger partial charge in [0.1, 0.15) is 0 Å². The summed E-state index contributed by atoms with van der Waals surface area (Å²) in [5.74, 6) is 1.10. The summed E-state index contributed by atoms with van der Waals surface area (Å²) in [6.07, 6.45) is 3.09. The molecule has 0 aliphatic rings. The standard InChI is InChI=1S/C12H16INOS/c1-9(7-8-16-2)14-12(15)10-5-3-4-6-11(10)13/h3-6,9H,7-8H2,1-2H3,(H,14,15). The van der Waals surface area contributed by atoms with E-state index >= 15 is 0 Å². The molecule has 88 valence electrons. The molecular weight excluding hydrogens is 333 g/mol. The minimum absolute atomic E-state index is 0.0265. The summed E-state index contributed by atoms with van der Waals surface area (Å²) in [7, 11) is 0. The third kappa shape index (κ3) is 4.33. The fourth-order valence-corrected chi connectivity index (χ4v) is 2.54. The number of amides is 1. The molecule has 0 saturated carbocycles. The van der Waals surface area contributed by atoms with E-state index in [9.17, 15) is 4.79 Å². The predicted molar refractivity (Wildman–Crippen MR) is 79.1 cm³/mol. The first-order chi connectivity index (χ1) is 7.65. The fraction of sp³-hybridized carbons (Fsp3) is 0.417. The van der Waals surface area contributed by atoms with Gasteiger partial charge in [0.2, 0.25) is 0 Å². The summed E-state index contributed by atoms with van der Waals surface area (Å²) >= 11 is 3.99. The maximum atomic E-state index is 11.9. The SMILES string of the molecule is CSCCC(C)NC(=O)c1ccccc1I. The van der Waals surface area contributed by atoms with Crippen molar-refractivity contribution in [2.45, 2.75) is 19.4 Å². The lowest BCUT2D eigenvalue weighted by Crippen LogP contribution is -2.33. The minimum atomic E-state index is 0.0265. The van der Waals surface area contributed by atoms with Gasteiger partial charge < -0.3 is 5.32 Å². The van der Waals surface area contributed by atoms with Crippen LogP contribution in [0, 0.1) is 3.57 Å². The van der Waals surface area contributed by atoms with Crippen LogP contribution in [0.15, 0.2) is 24.3 Å². The number of hydrogen-bond donors (Lipinski definition) is 1. The third-order valence-electron chi connectivity index (χ3n) is 2.25. The first kappa shape index (κ1) is 13.8. The molecule has 16 heavy (non-hydrogen) atoms. The molecule has 1 unspecified atom stereocenters. The molecule has 1 atom stereocenters. The van der Waals surface area contributed by atoms with E-state index in [2.05, 4.69) is 34.2 Å². The average molecular weight is 349 g/mol. The molecule has 0 bridgehead atoms. The van der Waals surface area contributed by atoms with Crippen LogP contribution >= 0.6 is 34.4 Å². The van der Waals surface area contributed by atoms with Crippen LogP contribution in [0.25, 0.3) is 0 Å². The highest BCUT2D eigenvalue weighted by Gasteiger charge is 2.11. The Morgan fingerprint density at radius 1 is 1.50 bits per heavy atom. The molecule has 0 aromatic heterocycles. The average Bonchev–Trinajstić information content (AvgIpc) is 2.26. The van der Waals surface area contributed by atoms with Crippen LogP contribution in [0.3, 0.4) is 0 Å². The van der Waals surface area contributed by atoms with E-state index in [1.165, 1.54) is 0 Å². The molecule has 4 heteroatoms. The molecule has 0 aliphatic heterocycles. The molecule has 1 amide bonds. The van der Waals surface area contributed by atoms with Gasteiger partial charge in [-0.2, -0.15) is 11.8 Å². The van der Waals surface area contributed by atoms with Gasteiger partial charge in [-0.05, 0) is 60.1 Å². The van der Waals surface area contributed by atoms with Crippen molar-refractivity contribution in [3.8, 4) is 0 Å². The van der Waals surface area contributed by atoms with Crippen molar-refractivity contribution in [1.82, 2.24) is 5.32 Å². The molecule has 0 aliphatic carbocycles. The summed E-state index contributed by atoms with van der Waals surface area (Å²) < 4.78 is 0.995. The predicted octanol–water partition coefficient (Wildman–Crippen LogP) is 3.16. The molecule has 1 aromatic carbocycles. The van der Waals surface area contributed by atoms with Crippen molar-refractivity contribution < 1.29 is 4.79 Å². The van der Waals surface area contributed by atoms with Crippen molar-refractivity contribution in [1.29, 1.82) is 0 Å². The van der Waals surface area contributed by atoms with E-state index in [1.807, 2.05) is 31.2 Å². The Kier molecular flexibility index (Phi) is 6.20. The molecule has 0 spiro atoms. The highest BCUT2D eigenvalue weighted by Crippen LogP contribution is 2.11. The van der Waals surface area contributed by atoms with Gasteiger partial charge in [0.25, 0.3) is 5.91 Å². The van der Waals surface area contributed by atoms with E-state index in [0.717, 1.165) is 21.3 Å². The van der Waals surface area contributed by atoms with E-state index in [1.54, 1.807) is 11.8 Å². The lowest BCUT2D eigenvalue weighted by atomic mass is 10.2. The fourth-order valence-electron chi connectivity index (χ4n) is 1.31. The maximum Gasteiger partial charge on any atom is 0.252 e. The molecule has 2 nitrogen and oxygen atoms in total. The highest BCUT2D eigenvalue weighted by molar-refractivity contribution is 14.1. The Hall–Kier alpha value is -0.230. The molecule has 0 saturated heterocycles. The minimum Gasteiger partial charge on any atom is -0.350 e. The number of benzene rings is 1. The molecular formula is C12H16INOS. The van der Waals surface area contributed by atoms with Gasteiger partial charge in [-0.15, -0.1) is 0 Å². The first-order valence-electron chi connectivity index (χ1n) is 5.19. The zero-order valence-corrected chi connectivity index (χ0v) is 12.5. The van der Waals surface area contributed by atoms with Gasteiger partial charge in [0.15, 0.2) is 0 Å². The maximum absolute atomic E-state index is 11.9. The number of thioether (sulfide) groups is 1. The number of rotatable bonds is 5. The summed E-state index contributed by atoms with van der Waals surface area (Å²) in [6, 6.07) is 7.87. The summed E-state index contributed by atoms with van der Waals surface area (Å²) in [5.41, 5.74) is 0.763. The number of carbonyl (C=O) groups excluding carboxylic acids is 1. The lowest BCUT2D eigenvalue weighted by molar-refractivity contribution is 0.0938. The largest absolute Gasteiger partial charge is 0.350 e. The van der Waals surface area contributed by atoms with E-state index in [-0.39, 0.29) is 11.9 Å². The van der Waals surface area contributed by atoms with Gasteiger partial charge in [0, 0.05) is 9.61 Å². The monoisotopic (exact) mass is 349 g/mol. The number of carbonyl (C=O) groups is 1. The second-order valence-electron chi connectivity index (χ2n) is 3.64. The Labute approximate surface area is 115 Å². The Balaban J connectivity index is 2.56. The molecule has 1 aromatic rings. The Morgan fingerprint density at radius 2 is 2.19 bits per heavy atom. The summed E-state index contributed by atoms with van der Waals surface area (Å²) in [4.78, 5) is 11.9. The van der Waals surface area contributed by atoms with Crippen LogP contribution in [0.2, 0.25) is 0 Å². The Morgan fingerprint density at radius 3 is 2.81 bits per heavy atom. The second kappa shape index (κ2) is 7.17. The van der Waals surface area contributed by atoms with Gasteiger partial charge >= 0.3 is 0 Å². The van der Waals surface area contributed by atoms with Crippen LogP contribution in [0.1, 0.15) is 23.7 Å². The van der Waals surface area contributed by atoms with Gasteiger partial charge in [0.05, 0.1) is 5.56 Å². The molecule has 0 fully saturated rings. The van der Waals surface area contributed by atoms with Crippen LogP contribution in [-0.2, 0) is 0 Å². The van der Waals surface area contributed by atoms with Crippen molar-refractivity contribution in [2.24, 2.45) is 0 Å². The van der Waals surface area contributed by atoms with E-state index in [0.29, 0.717) is 0 Å². The summed E-state index contributed by atoms with van der Waals surface area (Å²) in [5, 5.41) is 3.01. The van der Waals surface area contributed by atoms with Crippen molar-refractivity contribution >= 4 is 40.3 Å². The van der Waals surface area contributed by atoms with E-state index in [4.69, 9.17) is 0 Å². The molecule has 0 radical (unpaired) electrons. The van der Waals surface area contributed by atoms with E-state index < -0.39 is 0 Å². The van der Waals surface area contributed by atoms with Gasteiger partial charge in [-0.25, -0.2) is 0 Å². The van der Waals surface area contributed by atoms with Crippen LogP contribution < -0.4 is 5.32 Å². The van der Waals surface area contributed by atoms with Crippen molar-refractivity contribution in [3.05, 3.63) is 33.4 Å². The van der Waals surface area contributed by atoms with Crippen LogP contribution in [0.5, 0.6) is 0 Å². The van der Waals surface area contributed by atoms with Gasteiger partial charge in [-0.1, -0.05) is 12.1 Å². The normalized spacial score (nSPS) is 12.2. The lowest BCUT2D eigenvalue weighted by Gasteiger charge is -2.13. The van der Waals surface area contributed by atoms with Crippen molar-refractivity contribution in [3.63, 3.8) is 0 Å². The topological polar surface area (TPSA) is 29.1 Å². The zero-order chi connectivity index (χ0) is 12.0. The molecule has 1 rings (SSSR count). The summed E-state index contributed by atoms with van der Waals surface area (Å²) in [6.45, 7) is 2.05. The number of hydrogen-bond acceptors (Lipinski definition) is 2. The smallest absolute Gasteiger partial charge is 0.252 e. The van der Waals surface area contributed by atoms with Gasteiger partial charge in [-0.3, -0.25) is 4.79 Å². The quantitative estimate of drug-likeness (QED) is 0.828. The van der Waals surface area contributed by atoms with Crippen LogP contribution in [-0.4, -0.2) is 24.0 Å². The van der Waals surface area contributed by atoms with Crippen LogP contribution in [0.4, 0.5) is 0 Å².